The maximum absolute atomic E-state index is 11.9. The first kappa shape index (κ1) is 10.2. The number of ketones is 1. The number of carbonyl (C=O) groups is 1. The van der Waals surface area contributed by atoms with Crippen LogP contribution in [0.1, 0.15) is 44.9 Å². The van der Waals surface area contributed by atoms with Gasteiger partial charge in [0.2, 0.25) is 0 Å². The molecule has 0 radical (unpaired) electrons. The predicted octanol–water partition coefficient (Wildman–Crippen LogP) is 2.56. The van der Waals surface area contributed by atoms with E-state index in [1.807, 2.05) is 0 Å². The van der Waals surface area contributed by atoms with Crippen molar-refractivity contribution in [3.8, 4) is 0 Å². The van der Waals surface area contributed by atoms with Gasteiger partial charge in [-0.05, 0) is 31.6 Å². The Hall–Kier alpha value is -0.370. The SMILES string of the molecule is CO[C@@H]1CCC[C@H]2CCCCC(=O)[C@H]21. The van der Waals surface area contributed by atoms with Gasteiger partial charge in [-0.2, -0.15) is 0 Å². The lowest BCUT2D eigenvalue weighted by Crippen LogP contribution is -2.38. The summed E-state index contributed by atoms with van der Waals surface area (Å²) in [6, 6.07) is 0. The van der Waals surface area contributed by atoms with Crippen molar-refractivity contribution in [2.24, 2.45) is 11.8 Å². The van der Waals surface area contributed by atoms with Crippen LogP contribution in [-0.4, -0.2) is 19.0 Å². The second-order valence-corrected chi connectivity index (χ2v) is 4.70. The van der Waals surface area contributed by atoms with E-state index in [2.05, 4.69) is 0 Å². The smallest absolute Gasteiger partial charge is 0.138 e. The summed E-state index contributed by atoms with van der Waals surface area (Å²) >= 11 is 0. The summed E-state index contributed by atoms with van der Waals surface area (Å²) in [5, 5.41) is 0. The van der Waals surface area contributed by atoms with E-state index in [0.29, 0.717) is 11.7 Å². The van der Waals surface area contributed by atoms with E-state index in [0.717, 1.165) is 19.3 Å². The van der Waals surface area contributed by atoms with Gasteiger partial charge in [-0.1, -0.05) is 12.8 Å². The average Bonchev–Trinajstić information content (AvgIpc) is 2.40. The molecule has 0 unspecified atom stereocenters. The Morgan fingerprint density at radius 1 is 1.14 bits per heavy atom. The van der Waals surface area contributed by atoms with Crippen molar-refractivity contribution < 1.29 is 9.53 Å². The number of hydrogen-bond donors (Lipinski definition) is 0. The maximum Gasteiger partial charge on any atom is 0.138 e. The van der Waals surface area contributed by atoms with Crippen LogP contribution in [0.2, 0.25) is 0 Å². The normalized spacial score (nSPS) is 38.9. The van der Waals surface area contributed by atoms with Crippen LogP contribution in [0.5, 0.6) is 0 Å². The van der Waals surface area contributed by atoms with Gasteiger partial charge >= 0.3 is 0 Å². The van der Waals surface area contributed by atoms with Gasteiger partial charge < -0.3 is 4.74 Å². The van der Waals surface area contributed by atoms with Crippen LogP contribution in [-0.2, 0) is 9.53 Å². The molecule has 0 aliphatic heterocycles. The average molecular weight is 196 g/mol. The Balaban J connectivity index is 2.13. The van der Waals surface area contributed by atoms with Crippen LogP contribution >= 0.6 is 0 Å². The highest BCUT2D eigenvalue weighted by Gasteiger charge is 2.38. The minimum absolute atomic E-state index is 0.222. The molecule has 0 spiro atoms. The second-order valence-electron chi connectivity index (χ2n) is 4.70. The lowest BCUT2D eigenvalue weighted by Gasteiger charge is -2.35. The summed E-state index contributed by atoms with van der Waals surface area (Å²) in [4.78, 5) is 11.9. The van der Waals surface area contributed by atoms with Crippen molar-refractivity contribution in [1.82, 2.24) is 0 Å². The third-order valence-corrected chi connectivity index (χ3v) is 3.89. The van der Waals surface area contributed by atoms with Crippen LogP contribution in [0, 0.1) is 11.8 Å². The Labute approximate surface area is 86.0 Å². The van der Waals surface area contributed by atoms with Crippen LogP contribution < -0.4 is 0 Å². The van der Waals surface area contributed by atoms with Gasteiger partial charge in [0.15, 0.2) is 0 Å². The molecule has 3 atom stereocenters. The molecule has 14 heavy (non-hydrogen) atoms. The molecule has 0 aromatic heterocycles. The third-order valence-electron chi connectivity index (χ3n) is 3.89. The van der Waals surface area contributed by atoms with Crippen molar-refractivity contribution in [3.05, 3.63) is 0 Å². The van der Waals surface area contributed by atoms with Gasteiger partial charge in [-0.15, -0.1) is 0 Å². The molecule has 2 saturated carbocycles. The van der Waals surface area contributed by atoms with E-state index in [-0.39, 0.29) is 12.0 Å². The zero-order valence-corrected chi connectivity index (χ0v) is 9.00. The molecule has 0 amide bonds. The lowest BCUT2D eigenvalue weighted by atomic mass is 9.74. The van der Waals surface area contributed by atoms with Gasteiger partial charge in [-0.25, -0.2) is 0 Å². The molecule has 2 heteroatoms. The van der Waals surface area contributed by atoms with Gasteiger partial charge in [0.1, 0.15) is 5.78 Å². The molecule has 0 aromatic rings. The highest BCUT2D eigenvalue weighted by atomic mass is 16.5. The monoisotopic (exact) mass is 196 g/mol. The Morgan fingerprint density at radius 3 is 2.71 bits per heavy atom. The van der Waals surface area contributed by atoms with Crippen molar-refractivity contribution >= 4 is 5.78 Å². The molecule has 2 fully saturated rings. The maximum atomic E-state index is 11.9. The molecule has 0 heterocycles. The molecule has 0 aromatic carbocycles. The first-order valence-corrected chi connectivity index (χ1v) is 5.88. The van der Waals surface area contributed by atoms with Crippen molar-refractivity contribution in [3.63, 3.8) is 0 Å². The topological polar surface area (TPSA) is 26.3 Å². The summed E-state index contributed by atoms with van der Waals surface area (Å²) in [5.41, 5.74) is 0. The van der Waals surface area contributed by atoms with Crippen LogP contribution in [0.3, 0.4) is 0 Å². The zero-order valence-electron chi connectivity index (χ0n) is 9.00. The van der Waals surface area contributed by atoms with Gasteiger partial charge in [0.05, 0.1) is 6.10 Å². The van der Waals surface area contributed by atoms with Gasteiger partial charge in [0, 0.05) is 19.4 Å². The number of carbonyl (C=O) groups excluding carboxylic acids is 1. The lowest BCUT2D eigenvalue weighted by molar-refractivity contribution is -0.131. The zero-order chi connectivity index (χ0) is 9.97. The van der Waals surface area contributed by atoms with E-state index in [1.54, 1.807) is 7.11 Å². The minimum Gasteiger partial charge on any atom is -0.381 e. The summed E-state index contributed by atoms with van der Waals surface area (Å²) in [6.45, 7) is 0. The first-order valence-electron chi connectivity index (χ1n) is 5.88. The molecule has 2 rings (SSSR count). The number of Topliss-reactive ketones (excluding diaryl/α,β-unsaturated/α-hetero) is 1. The number of fused-ring (bicyclic) bond motifs is 1. The third kappa shape index (κ3) is 1.85. The molecular formula is C12H20O2. The van der Waals surface area contributed by atoms with Crippen LogP contribution in [0.25, 0.3) is 0 Å². The summed E-state index contributed by atoms with van der Waals surface area (Å²) in [6.07, 6.45) is 8.18. The fraction of sp³-hybridized carbons (Fsp3) is 0.917. The molecule has 0 saturated heterocycles. The standard InChI is InChI=1S/C12H20O2/c1-14-11-8-4-6-9-5-2-3-7-10(13)12(9)11/h9,11-12H,2-8H2,1H3/t9-,11-,12+/m1/s1. The summed E-state index contributed by atoms with van der Waals surface area (Å²) in [7, 11) is 1.76. The van der Waals surface area contributed by atoms with Crippen molar-refractivity contribution in [2.75, 3.05) is 7.11 Å². The number of ether oxygens (including phenoxy) is 1. The molecule has 0 bridgehead atoms. The van der Waals surface area contributed by atoms with E-state index >= 15 is 0 Å². The molecule has 2 nitrogen and oxygen atoms in total. The Morgan fingerprint density at radius 2 is 1.93 bits per heavy atom. The fourth-order valence-corrected chi connectivity index (χ4v) is 3.17. The predicted molar refractivity (Wildman–Crippen MR) is 55.1 cm³/mol. The van der Waals surface area contributed by atoms with Gasteiger partial charge in [-0.3, -0.25) is 4.79 Å². The van der Waals surface area contributed by atoms with E-state index in [4.69, 9.17) is 4.74 Å². The molecule has 2 aliphatic rings. The van der Waals surface area contributed by atoms with Crippen molar-refractivity contribution in [1.29, 1.82) is 0 Å². The molecule has 0 N–H and O–H groups in total. The number of methoxy groups -OCH3 is 1. The number of hydrogen-bond acceptors (Lipinski definition) is 2. The Kier molecular flexibility index (Phi) is 3.22. The Bertz CT molecular complexity index is 212. The summed E-state index contributed by atoms with van der Waals surface area (Å²) < 4.78 is 5.47. The van der Waals surface area contributed by atoms with E-state index in [9.17, 15) is 4.79 Å². The fourth-order valence-electron chi connectivity index (χ4n) is 3.17. The second kappa shape index (κ2) is 4.43. The highest BCUT2D eigenvalue weighted by molar-refractivity contribution is 5.82. The van der Waals surface area contributed by atoms with Crippen LogP contribution in [0.15, 0.2) is 0 Å². The minimum atomic E-state index is 0.222. The first-order chi connectivity index (χ1) is 6.83. The largest absolute Gasteiger partial charge is 0.381 e. The molecule has 80 valence electrons. The van der Waals surface area contributed by atoms with E-state index in [1.165, 1.54) is 25.7 Å². The van der Waals surface area contributed by atoms with Crippen LogP contribution in [0.4, 0.5) is 0 Å². The molecule has 2 aliphatic carbocycles. The highest BCUT2D eigenvalue weighted by Crippen LogP contribution is 2.38. The quantitative estimate of drug-likeness (QED) is 0.644. The number of rotatable bonds is 1. The van der Waals surface area contributed by atoms with E-state index < -0.39 is 0 Å². The summed E-state index contributed by atoms with van der Waals surface area (Å²) in [5.74, 6) is 1.33. The van der Waals surface area contributed by atoms with Gasteiger partial charge in [0.25, 0.3) is 0 Å². The van der Waals surface area contributed by atoms with Crippen molar-refractivity contribution in [2.45, 2.75) is 51.0 Å². The molecular weight excluding hydrogens is 176 g/mol.